The molecule has 0 saturated heterocycles. The first-order chi connectivity index (χ1) is 14.5. The number of esters is 1. The molecular weight excluding hydrogens is 394 g/mol. The Balaban J connectivity index is 1.89. The number of hydrogen-bond acceptors (Lipinski definition) is 8. The van der Waals surface area contributed by atoms with Crippen molar-refractivity contribution in [1.82, 2.24) is 10.9 Å². The van der Waals surface area contributed by atoms with Crippen LogP contribution in [-0.2, 0) is 14.3 Å². The van der Waals surface area contributed by atoms with Crippen LogP contribution in [0.2, 0.25) is 0 Å². The molecule has 0 bridgehead atoms. The zero-order valence-electron chi connectivity index (χ0n) is 16.8. The lowest BCUT2D eigenvalue weighted by Crippen LogP contribution is -2.44. The minimum atomic E-state index is -0.557. The van der Waals surface area contributed by atoms with E-state index in [0.717, 1.165) is 0 Å². The maximum Gasteiger partial charge on any atom is 0.343 e. The number of ether oxygens (including phenoxy) is 4. The Bertz CT molecular complexity index is 902. The van der Waals surface area contributed by atoms with E-state index in [1.165, 1.54) is 39.5 Å². The van der Waals surface area contributed by atoms with E-state index >= 15 is 0 Å². The molecule has 0 unspecified atom stereocenters. The molecule has 3 N–H and O–H groups in total. The minimum Gasteiger partial charge on any atom is -0.495 e. The van der Waals surface area contributed by atoms with Crippen LogP contribution in [0.4, 0.5) is 5.69 Å². The van der Waals surface area contributed by atoms with Crippen LogP contribution in [-0.4, -0.2) is 52.3 Å². The van der Waals surface area contributed by atoms with E-state index in [2.05, 4.69) is 20.9 Å². The van der Waals surface area contributed by atoms with E-state index in [9.17, 15) is 14.4 Å². The van der Waals surface area contributed by atoms with Gasteiger partial charge in [-0.3, -0.25) is 20.4 Å². The van der Waals surface area contributed by atoms with Gasteiger partial charge in [0.25, 0.3) is 11.8 Å². The Morgan fingerprint density at radius 3 is 2.30 bits per heavy atom. The summed E-state index contributed by atoms with van der Waals surface area (Å²) in [4.78, 5) is 35.5. The van der Waals surface area contributed by atoms with Crippen molar-refractivity contribution in [3.63, 3.8) is 0 Å². The van der Waals surface area contributed by atoms with Crippen molar-refractivity contribution < 1.29 is 33.3 Å². The topological polar surface area (TPSA) is 124 Å². The third-order valence-corrected chi connectivity index (χ3v) is 3.86. The summed E-state index contributed by atoms with van der Waals surface area (Å²) in [6, 6.07) is 11.5. The van der Waals surface area contributed by atoms with Crippen LogP contribution in [0.25, 0.3) is 0 Å². The van der Waals surface area contributed by atoms with Gasteiger partial charge in [0, 0.05) is 5.56 Å². The van der Waals surface area contributed by atoms with Gasteiger partial charge >= 0.3 is 5.97 Å². The number of rotatable bonds is 9. The SMILES string of the molecule is COC(=O)COc1ccc(C(=O)NNC(=O)CNc2ccccc2OC)cc1OC. The summed E-state index contributed by atoms with van der Waals surface area (Å²) in [6.45, 7) is -0.377. The second-order valence-electron chi connectivity index (χ2n) is 5.79. The van der Waals surface area contributed by atoms with Crippen LogP contribution < -0.4 is 30.4 Å². The number of nitrogens with one attached hydrogen (secondary N) is 3. The highest BCUT2D eigenvalue weighted by molar-refractivity contribution is 5.96. The van der Waals surface area contributed by atoms with Gasteiger partial charge in [0.2, 0.25) is 0 Å². The van der Waals surface area contributed by atoms with Crippen molar-refractivity contribution in [3.8, 4) is 17.2 Å². The molecule has 10 heteroatoms. The number of hydrogen-bond donors (Lipinski definition) is 3. The standard InChI is InChI=1S/C20H23N3O7/c1-27-15-7-5-4-6-14(15)21-11-18(24)22-23-20(26)13-8-9-16(17(10-13)28-2)30-12-19(25)29-3/h4-10,21H,11-12H2,1-3H3,(H,22,24)(H,23,26). The summed E-state index contributed by atoms with van der Waals surface area (Å²) < 4.78 is 20.1. The number of methoxy groups -OCH3 is 3. The summed E-state index contributed by atoms with van der Waals surface area (Å²) in [5, 5.41) is 2.92. The Morgan fingerprint density at radius 2 is 1.60 bits per heavy atom. The fourth-order valence-electron chi connectivity index (χ4n) is 2.33. The predicted octanol–water partition coefficient (Wildman–Crippen LogP) is 1.13. The van der Waals surface area contributed by atoms with E-state index in [1.807, 2.05) is 6.07 Å². The molecule has 0 fully saturated rings. The maximum absolute atomic E-state index is 12.3. The average molecular weight is 417 g/mol. The lowest BCUT2D eigenvalue weighted by molar-refractivity contribution is -0.142. The van der Waals surface area contributed by atoms with Gasteiger partial charge in [0.15, 0.2) is 18.1 Å². The highest BCUT2D eigenvalue weighted by atomic mass is 16.6. The lowest BCUT2D eigenvalue weighted by Gasteiger charge is -2.13. The molecule has 2 amide bonds. The van der Waals surface area contributed by atoms with Crippen LogP contribution in [0, 0.1) is 0 Å². The third-order valence-electron chi connectivity index (χ3n) is 3.86. The predicted molar refractivity (Wildman–Crippen MR) is 108 cm³/mol. The van der Waals surface area contributed by atoms with Crippen LogP contribution >= 0.6 is 0 Å². The second-order valence-corrected chi connectivity index (χ2v) is 5.79. The molecule has 0 aliphatic rings. The van der Waals surface area contributed by atoms with Crippen molar-refractivity contribution in [2.45, 2.75) is 0 Å². The molecule has 0 spiro atoms. The maximum atomic E-state index is 12.3. The molecule has 2 aromatic rings. The molecule has 30 heavy (non-hydrogen) atoms. The highest BCUT2D eigenvalue weighted by Crippen LogP contribution is 2.28. The lowest BCUT2D eigenvalue weighted by atomic mass is 10.2. The van der Waals surface area contributed by atoms with Crippen LogP contribution in [0.3, 0.4) is 0 Å². The molecule has 0 saturated carbocycles. The molecule has 2 aromatic carbocycles. The normalized spacial score (nSPS) is 9.83. The van der Waals surface area contributed by atoms with E-state index in [-0.39, 0.29) is 30.2 Å². The molecule has 160 valence electrons. The van der Waals surface area contributed by atoms with Gasteiger partial charge in [-0.25, -0.2) is 4.79 Å². The quantitative estimate of drug-likeness (QED) is 0.410. The Morgan fingerprint density at radius 1 is 0.867 bits per heavy atom. The molecule has 0 aromatic heterocycles. The Hall–Kier alpha value is -3.95. The average Bonchev–Trinajstić information content (AvgIpc) is 2.79. The van der Waals surface area contributed by atoms with Crippen molar-refractivity contribution in [3.05, 3.63) is 48.0 Å². The van der Waals surface area contributed by atoms with E-state index in [0.29, 0.717) is 11.4 Å². The van der Waals surface area contributed by atoms with Gasteiger partial charge < -0.3 is 24.3 Å². The summed E-state index contributed by atoms with van der Waals surface area (Å²) in [5.41, 5.74) is 5.49. The summed E-state index contributed by atoms with van der Waals surface area (Å²) in [5.74, 6) is -0.461. The number of para-hydroxylation sites is 2. The molecular formula is C20H23N3O7. The zero-order chi connectivity index (χ0) is 21.9. The van der Waals surface area contributed by atoms with Crippen LogP contribution in [0.1, 0.15) is 10.4 Å². The summed E-state index contributed by atoms with van der Waals surface area (Å²) in [6.07, 6.45) is 0. The molecule has 0 radical (unpaired) electrons. The molecule has 0 atom stereocenters. The molecule has 10 nitrogen and oxygen atoms in total. The zero-order valence-corrected chi connectivity index (χ0v) is 16.8. The van der Waals surface area contributed by atoms with Gasteiger partial charge in [-0.2, -0.15) is 0 Å². The minimum absolute atomic E-state index is 0.0791. The molecule has 2 rings (SSSR count). The smallest absolute Gasteiger partial charge is 0.343 e. The van der Waals surface area contributed by atoms with Crippen molar-refractivity contribution in [2.75, 3.05) is 39.8 Å². The molecule has 0 aliphatic heterocycles. The van der Waals surface area contributed by atoms with Gasteiger partial charge in [-0.1, -0.05) is 12.1 Å². The Kier molecular flexibility index (Phi) is 8.30. The summed E-state index contributed by atoms with van der Waals surface area (Å²) >= 11 is 0. The van der Waals surface area contributed by atoms with Gasteiger partial charge in [-0.15, -0.1) is 0 Å². The first-order valence-electron chi connectivity index (χ1n) is 8.82. The van der Waals surface area contributed by atoms with Crippen molar-refractivity contribution in [2.24, 2.45) is 0 Å². The number of hydrazine groups is 1. The van der Waals surface area contributed by atoms with Crippen LogP contribution in [0.15, 0.2) is 42.5 Å². The van der Waals surface area contributed by atoms with Crippen molar-refractivity contribution in [1.29, 1.82) is 0 Å². The number of benzene rings is 2. The van der Waals surface area contributed by atoms with Crippen LogP contribution in [0.5, 0.6) is 17.2 Å². The fraction of sp³-hybridized carbons (Fsp3) is 0.250. The number of carbonyl (C=O) groups is 3. The van der Waals surface area contributed by atoms with E-state index in [4.69, 9.17) is 14.2 Å². The van der Waals surface area contributed by atoms with Gasteiger partial charge in [0.05, 0.1) is 33.6 Å². The van der Waals surface area contributed by atoms with Gasteiger partial charge in [-0.05, 0) is 30.3 Å². The fourth-order valence-corrected chi connectivity index (χ4v) is 2.33. The highest BCUT2D eigenvalue weighted by Gasteiger charge is 2.13. The van der Waals surface area contributed by atoms with Gasteiger partial charge in [0.1, 0.15) is 5.75 Å². The largest absolute Gasteiger partial charge is 0.495 e. The molecule has 0 aliphatic carbocycles. The Labute approximate surface area is 173 Å². The monoisotopic (exact) mass is 417 g/mol. The summed E-state index contributed by atoms with van der Waals surface area (Å²) in [7, 11) is 4.17. The van der Waals surface area contributed by atoms with Crippen molar-refractivity contribution >= 4 is 23.5 Å². The number of amides is 2. The first kappa shape index (κ1) is 22.3. The third kappa shape index (κ3) is 6.30. The molecule has 0 heterocycles. The van der Waals surface area contributed by atoms with E-state index in [1.54, 1.807) is 18.2 Å². The first-order valence-corrected chi connectivity index (χ1v) is 8.82. The second kappa shape index (κ2) is 11.1. The number of carbonyl (C=O) groups excluding carboxylic acids is 3. The number of anilines is 1. The van der Waals surface area contributed by atoms with E-state index < -0.39 is 17.8 Å².